The molecule has 2 aromatic carbocycles. The fourth-order valence-electron chi connectivity index (χ4n) is 2.33. The van der Waals surface area contributed by atoms with Gasteiger partial charge in [0.05, 0.1) is 10.6 Å². The second-order valence-electron chi connectivity index (χ2n) is 4.47. The molecule has 0 aliphatic carbocycles. The van der Waals surface area contributed by atoms with Crippen molar-refractivity contribution in [1.29, 1.82) is 0 Å². The number of anilines is 1. The summed E-state index contributed by atoms with van der Waals surface area (Å²) in [6.07, 6.45) is 0. The van der Waals surface area contributed by atoms with Crippen molar-refractivity contribution in [3.05, 3.63) is 58.6 Å². The lowest BCUT2D eigenvalue weighted by molar-refractivity contribution is 0.581. The van der Waals surface area contributed by atoms with Crippen LogP contribution in [-0.4, -0.2) is 15.0 Å². The highest BCUT2D eigenvalue weighted by Gasteiger charge is 2.34. The Balaban J connectivity index is 2.12. The topological polar surface area (TPSA) is 46.2 Å². The quantitative estimate of drug-likeness (QED) is 0.867. The smallest absolute Gasteiger partial charge is 0.189 e. The fourth-order valence-corrected chi connectivity index (χ4v) is 4.58. The first kappa shape index (κ1) is 12.7. The third-order valence-electron chi connectivity index (χ3n) is 3.27. The van der Waals surface area contributed by atoms with Gasteiger partial charge >= 0.3 is 0 Å². The zero-order valence-corrected chi connectivity index (χ0v) is 12.4. The van der Waals surface area contributed by atoms with Crippen molar-refractivity contribution in [2.45, 2.75) is 10.1 Å². The van der Waals surface area contributed by atoms with Crippen molar-refractivity contribution >= 4 is 31.5 Å². The van der Waals surface area contributed by atoms with Crippen molar-refractivity contribution in [1.82, 2.24) is 0 Å². The third-order valence-corrected chi connectivity index (χ3v) is 5.92. The van der Waals surface area contributed by atoms with Crippen molar-refractivity contribution in [2.24, 2.45) is 0 Å². The first-order valence-electron chi connectivity index (χ1n) is 5.91. The molecule has 1 N–H and O–H groups in total. The number of fused-ring (bicyclic) bond motifs is 1. The van der Waals surface area contributed by atoms with E-state index in [4.69, 9.17) is 0 Å². The summed E-state index contributed by atoms with van der Waals surface area (Å²) in [5.74, 6) is 0. The van der Waals surface area contributed by atoms with Gasteiger partial charge in [0, 0.05) is 11.0 Å². The van der Waals surface area contributed by atoms with E-state index in [9.17, 15) is 8.42 Å². The van der Waals surface area contributed by atoms with Crippen LogP contribution in [-0.2, 0) is 9.84 Å². The lowest BCUT2D eigenvalue weighted by Gasteiger charge is -2.26. The molecular formula is C14H12BrNO2S. The summed E-state index contributed by atoms with van der Waals surface area (Å²) >= 11 is 3.38. The second kappa shape index (κ2) is 4.65. The molecule has 1 aliphatic rings. The summed E-state index contributed by atoms with van der Waals surface area (Å²) in [6, 6.07) is 14.5. The minimum absolute atomic E-state index is 0.381. The number of benzene rings is 2. The van der Waals surface area contributed by atoms with Gasteiger partial charge < -0.3 is 5.32 Å². The molecule has 1 aliphatic heterocycles. The SMILES string of the molecule is O=S1(=O)c2ccccc2NCC1c1cccc(Br)c1. The number of nitrogens with one attached hydrogen (secondary N) is 1. The van der Waals surface area contributed by atoms with Crippen LogP contribution in [0.3, 0.4) is 0 Å². The minimum atomic E-state index is -3.34. The monoisotopic (exact) mass is 337 g/mol. The molecule has 3 rings (SSSR count). The van der Waals surface area contributed by atoms with E-state index in [-0.39, 0.29) is 0 Å². The Morgan fingerprint density at radius 3 is 2.68 bits per heavy atom. The Bertz CT molecular complexity index is 728. The number of hydrogen-bond donors (Lipinski definition) is 1. The van der Waals surface area contributed by atoms with Crippen molar-refractivity contribution in [3.63, 3.8) is 0 Å². The molecule has 0 saturated heterocycles. The molecule has 19 heavy (non-hydrogen) atoms. The van der Waals surface area contributed by atoms with E-state index in [0.717, 1.165) is 10.0 Å². The van der Waals surface area contributed by atoms with E-state index in [1.54, 1.807) is 18.2 Å². The summed E-state index contributed by atoms with van der Waals surface area (Å²) in [5.41, 5.74) is 1.49. The van der Waals surface area contributed by atoms with Gasteiger partial charge in [0.25, 0.3) is 0 Å². The molecule has 0 bridgehead atoms. The molecule has 0 fully saturated rings. The summed E-state index contributed by atoms with van der Waals surface area (Å²) in [5, 5.41) is 2.65. The molecule has 0 spiro atoms. The Morgan fingerprint density at radius 1 is 1.11 bits per heavy atom. The second-order valence-corrected chi connectivity index (χ2v) is 7.48. The summed E-state index contributed by atoms with van der Waals surface area (Å²) in [6.45, 7) is 0.399. The lowest BCUT2D eigenvalue weighted by atomic mass is 10.1. The number of hydrogen-bond acceptors (Lipinski definition) is 3. The van der Waals surface area contributed by atoms with Crippen LogP contribution < -0.4 is 5.32 Å². The van der Waals surface area contributed by atoms with Crippen LogP contribution in [0.25, 0.3) is 0 Å². The molecule has 0 amide bonds. The van der Waals surface area contributed by atoms with Gasteiger partial charge in [-0.15, -0.1) is 0 Å². The highest BCUT2D eigenvalue weighted by molar-refractivity contribution is 9.10. The van der Waals surface area contributed by atoms with Crippen molar-refractivity contribution in [2.75, 3.05) is 11.9 Å². The average Bonchev–Trinajstić information content (AvgIpc) is 2.39. The maximum absolute atomic E-state index is 12.7. The average molecular weight is 338 g/mol. The maximum atomic E-state index is 12.7. The van der Waals surface area contributed by atoms with Gasteiger partial charge in [-0.3, -0.25) is 0 Å². The van der Waals surface area contributed by atoms with Crippen molar-refractivity contribution < 1.29 is 8.42 Å². The fraction of sp³-hybridized carbons (Fsp3) is 0.143. The molecule has 98 valence electrons. The summed E-state index contributed by atoms with van der Waals surface area (Å²) in [4.78, 5) is 0.381. The number of sulfone groups is 1. The van der Waals surface area contributed by atoms with E-state index in [0.29, 0.717) is 17.1 Å². The lowest BCUT2D eigenvalue weighted by Crippen LogP contribution is -2.27. The maximum Gasteiger partial charge on any atom is 0.189 e. The predicted molar refractivity (Wildman–Crippen MR) is 79.0 cm³/mol. The van der Waals surface area contributed by atoms with E-state index < -0.39 is 15.1 Å². The molecule has 1 atom stereocenters. The van der Waals surface area contributed by atoms with E-state index in [1.807, 2.05) is 30.3 Å². The first-order chi connectivity index (χ1) is 9.09. The molecule has 0 saturated carbocycles. The van der Waals surface area contributed by atoms with Crippen LogP contribution in [0, 0.1) is 0 Å². The molecule has 0 aromatic heterocycles. The Hall–Kier alpha value is -1.33. The molecule has 2 aromatic rings. The number of rotatable bonds is 1. The van der Waals surface area contributed by atoms with E-state index in [1.165, 1.54) is 0 Å². The number of halogens is 1. The first-order valence-corrected chi connectivity index (χ1v) is 8.25. The van der Waals surface area contributed by atoms with Gasteiger partial charge in [-0.25, -0.2) is 8.42 Å². The predicted octanol–water partition coefficient (Wildman–Crippen LogP) is 3.39. The van der Waals surface area contributed by atoms with E-state index >= 15 is 0 Å². The molecule has 5 heteroatoms. The third kappa shape index (κ3) is 2.17. The highest BCUT2D eigenvalue weighted by atomic mass is 79.9. The van der Waals surface area contributed by atoms with Crippen LogP contribution in [0.5, 0.6) is 0 Å². The highest BCUT2D eigenvalue weighted by Crippen LogP contribution is 2.37. The Morgan fingerprint density at radius 2 is 1.89 bits per heavy atom. The van der Waals surface area contributed by atoms with Crippen molar-refractivity contribution in [3.8, 4) is 0 Å². The van der Waals surface area contributed by atoms with Gasteiger partial charge in [-0.2, -0.15) is 0 Å². The zero-order chi connectivity index (χ0) is 13.5. The zero-order valence-electron chi connectivity index (χ0n) is 10.0. The molecule has 3 nitrogen and oxygen atoms in total. The largest absolute Gasteiger partial charge is 0.382 e. The van der Waals surface area contributed by atoms with Gasteiger partial charge in [0.1, 0.15) is 5.25 Å². The molecule has 1 unspecified atom stereocenters. The molecular weight excluding hydrogens is 326 g/mol. The molecule has 0 radical (unpaired) electrons. The Kier molecular flexibility index (Phi) is 3.11. The van der Waals surface area contributed by atoms with Crippen LogP contribution in [0.15, 0.2) is 57.9 Å². The minimum Gasteiger partial charge on any atom is -0.382 e. The summed E-state index contributed by atoms with van der Waals surface area (Å²) in [7, 11) is -3.34. The van der Waals surface area contributed by atoms with E-state index in [2.05, 4.69) is 21.2 Å². The summed E-state index contributed by atoms with van der Waals surface area (Å²) < 4.78 is 26.2. The van der Waals surface area contributed by atoms with Gasteiger partial charge in [0.15, 0.2) is 9.84 Å². The normalized spacial score (nSPS) is 20.4. The van der Waals surface area contributed by atoms with Crippen LogP contribution in [0.2, 0.25) is 0 Å². The van der Waals surface area contributed by atoms with Gasteiger partial charge in [-0.1, -0.05) is 40.2 Å². The standard InChI is InChI=1S/C14H12BrNO2S/c15-11-5-3-4-10(8-11)14-9-16-12-6-1-2-7-13(12)19(14,17)18/h1-8,14,16H,9H2. The van der Waals surface area contributed by atoms with Gasteiger partial charge in [-0.05, 0) is 29.8 Å². The van der Waals surface area contributed by atoms with Gasteiger partial charge in [0.2, 0.25) is 0 Å². The van der Waals surface area contributed by atoms with Crippen LogP contribution in [0.4, 0.5) is 5.69 Å². The number of para-hydroxylation sites is 1. The van der Waals surface area contributed by atoms with Crippen LogP contribution >= 0.6 is 15.9 Å². The molecule has 1 heterocycles. The Labute approximate surface area is 120 Å². The van der Waals surface area contributed by atoms with Crippen LogP contribution in [0.1, 0.15) is 10.8 Å².